The second kappa shape index (κ2) is 2.68. The zero-order chi connectivity index (χ0) is 8.55. The van der Waals surface area contributed by atoms with E-state index < -0.39 is 0 Å². The third-order valence-corrected chi connectivity index (χ3v) is 2.76. The summed E-state index contributed by atoms with van der Waals surface area (Å²) in [6, 6.07) is 8.10. The lowest BCUT2D eigenvalue weighted by atomic mass is 10.3. The maximum absolute atomic E-state index is 4.39. The van der Waals surface area contributed by atoms with Crippen molar-refractivity contribution in [2.45, 2.75) is 0 Å². The van der Waals surface area contributed by atoms with Crippen molar-refractivity contribution in [3.05, 3.63) is 24.3 Å². The lowest BCUT2D eigenvalue weighted by Crippen LogP contribution is -1.89. The highest BCUT2D eigenvalue weighted by Gasteiger charge is 2.11. The minimum atomic E-state index is 0.955. The zero-order valence-electron chi connectivity index (χ0n) is 6.82. The van der Waals surface area contributed by atoms with Crippen molar-refractivity contribution >= 4 is 33.4 Å². The molecule has 3 heteroatoms. The monoisotopic (exact) mass is 177 g/mol. The summed E-state index contributed by atoms with van der Waals surface area (Å²) in [4.78, 5) is 4.39. The molecule has 0 aliphatic carbocycles. The molecule has 0 radical (unpaired) electrons. The molecular formula is C9H9N2S+. The molecule has 0 unspecified atom stereocenters. The number of hydrogen-bond acceptors (Lipinski definition) is 2. The van der Waals surface area contributed by atoms with E-state index in [0.717, 1.165) is 10.6 Å². The average molecular weight is 177 g/mol. The van der Waals surface area contributed by atoms with Crippen molar-refractivity contribution in [2.75, 3.05) is 7.05 Å². The van der Waals surface area contributed by atoms with Crippen LogP contribution < -0.4 is 0 Å². The van der Waals surface area contributed by atoms with Gasteiger partial charge in [-0.2, -0.15) is 0 Å². The molecule has 0 saturated heterocycles. The summed E-state index contributed by atoms with van der Waals surface area (Å²) < 4.78 is 2.99. The second-order valence-electron chi connectivity index (χ2n) is 2.66. The summed E-state index contributed by atoms with van der Waals surface area (Å²) in [5.41, 5.74) is 1.05. The highest BCUT2D eigenvalue weighted by atomic mass is 32.1. The molecule has 1 heterocycles. The number of nitrogens with zero attached hydrogens (tertiary/aromatic N) is 2. The van der Waals surface area contributed by atoms with Crippen molar-refractivity contribution in [3.63, 3.8) is 0 Å². The molecule has 2 aromatic rings. The maximum Gasteiger partial charge on any atom is 0.382 e. The van der Waals surface area contributed by atoms with E-state index in [1.165, 1.54) is 4.70 Å². The van der Waals surface area contributed by atoms with Gasteiger partial charge in [-0.15, -0.1) is 0 Å². The normalized spacial score (nSPS) is 10.4. The topological polar surface area (TPSA) is 15.9 Å². The molecule has 2 rings (SSSR count). The highest BCUT2D eigenvalue weighted by molar-refractivity contribution is 7.21. The fourth-order valence-corrected chi connectivity index (χ4v) is 1.88. The molecule has 60 valence electrons. The third kappa shape index (κ3) is 1.12. The van der Waals surface area contributed by atoms with Gasteiger partial charge in [0.2, 0.25) is 0 Å². The molecule has 1 aromatic heterocycles. The number of hydrogen-bond donors (Lipinski definition) is 0. The van der Waals surface area contributed by atoms with E-state index in [4.69, 9.17) is 0 Å². The van der Waals surface area contributed by atoms with Crippen LogP contribution in [0.1, 0.15) is 0 Å². The predicted octanol–water partition coefficient (Wildman–Crippen LogP) is 2.27. The fraction of sp³-hybridized carbons (Fsp3) is 0.111. The largest absolute Gasteiger partial charge is 0.382 e. The van der Waals surface area contributed by atoms with Crippen molar-refractivity contribution in [1.82, 2.24) is 4.98 Å². The van der Waals surface area contributed by atoms with E-state index in [-0.39, 0.29) is 0 Å². The van der Waals surface area contributed by atoms with E-state index in [9.17, 15) is 0 Å². The predicted molar refractivity (Wildman–Crippen MR) is 52.6 cm³/mol. The standard InChI is InChI=1S/C9H9N2S/c1-11(2)9-10-7-5-3-4-6-8(7)12-9/h3-6H,1H2,2H3/q+1. The van der Waals surface area contributed by atoms with Crippen LogP contribution in [0, 0.1) is 0 Å². The Balaban J connectivity index is 2.70. The van der Waals surface area contributed by atoms with Crippen molar-refractivity contribution in [3.8, 4) is 0 Å². The van der Waals surface area contributed by atoms with Gasteiger partial charge >= 0.3 is 5.13 Å². The van der Waals surface area contributed by atoms with Crippen LogP contribution in [-0.2, 0) is 0 Å². The Morgan fingerprint density at radius 1 is 1.42 bits per heavy atom. The summed E-state index contributed by atoms with van der Waals surface area (Å²) in [6.45, 7) is 3.79. The molecule has 12 heavy (non-hydrogen) atoms. The smallest absolute Gasteiger partial charge is 0.231 e. The Kier molecular flexibility index (Phi) is 1.66. The Labute approximate surface area is 74.8 Å². The molecule has 0 amide bonds. The lowest BCUT2D eigenvalue weighted by Gasteiger charge is -1.81. The molecular weight excluding hydrogens is 168 g/mol. The van der Waals surface area contributed by atoms with E-state index in [1.54, 1.807) is 15.9 Å². The fourth-order valence-electron chi connectivity index (χ4n) is 1.02. The van der Waals surface area contributed by atoms with Crippen molar-refractivity contribution < 1.29 is 4.58 Å². The van der Waals surface area contributed by atoms with E-state index in [0.29, 0.717) is 0 Å². The quantitative estimate of drug-likeness (QED) is 0.482. The van der Waals surface area contributed by atoms with Gasteiger partial charge in [-0.05, 0) is 28.5 Å². The molecule has 2 nitrogen and oxygen atoms in total. The van der Waals surface area contributed by atoms with E-state index >= 15 is 0 Å². The van der Waals surface area contributed by atoms with Gasteiger partial charge in [0.15, 0.2) is 5.52 Å². The second-order valence-corrected chi connectivity index (χ2v) is 3.67. The van der Waals surface area contributed by atoms with Gasteiger partial charge in [0.25, 0.3) is 0 Å². The minimum Gasteiger partial charge on any atom is -0.231 e. The Hall–Kier alpha value is -1.22. The van der Waals surface area contributed by atoms with Gasteiger partial charge in [0.1, 0.15) is 0 Å². The van der Waals surface area contributed by atoms with Crippen LogP contribution in [0.25, 0.3) is 10.2 Å². The van der Waals surface area contributed by atoms with Crippen molar-refractivity contribution in [2.24, 2.45) is 0 Å². The van der Waals surface area contributed by atoms with Crippen LogP contribution >= 0.6 is 11.3 Å². The van der Waals surface area contributed by atoms with E-state index in [1.807, 2.05) is 25.2 Å². The first-order valence-corrected chi connectivity index (χ1v) is 4.49. The van der Waals surface area contributed by atoms with Crippen LogP contribution in [0.2, 0.25) is 0 Å². The molecule has 0 spiro atoms. The molecule has 0 atom stereocenters. The van der Waals surface area contributed by atoms with Gasteiger partial charge in [-0.1, -0.05) is 12.1 Å². The average Bonchev–Trinajstić information content (AvgIpc) is 2.46. The molecule has 0 aliphatic heterocycles. The first kappa shape index (κ1) is 7.43. The summed E-state index contributed by atoms with van der Waals surface area (Å²) in [5, 5.41) is 0.955. The molecule has 0 saturated carbocycles. The molecule has 0 fully saturated rings. The first-order chi connectivity index (χ1) is 5.77. The van der Waals surface area contributed by atoms with E-state index in [2.05, 4.69) is 17.8 Å². The van der Waals surface area contributed by atoms with Crippen LogP contribution in [0.3, 0.4) is 0 Å². The minimum absolute atomic E-state index is 0.955. The first-order valence-electron chi connectivity index (χ1n) is 3.67. The van der Waals surface area contributed by atoms with Gasteiger partial charge in [-0.3, -0.25) is 0 Å². The van der Waals surface area contributed by atoms with Crippen LogP contribution in [0.4, 0.5) is 5.13 Å². The Morgan fingerprint density at radius 2 is 2.17 bits per heavy atom. The SMILES string of the molecule is C=[N+](C)c1nc2ccccc2s1. The zero-order valence-corrected chi connectivity index (χ0v) is 7.64. The van der Waals surface area contributed by atoms with Crippen molar-refractivity contribution in [1.29, 1.82) is 0 Å². The Bertz CT molecular complexity index is 398. The van der Waals surface area contributed by atoms with Gasteiger partial charge < -0.3 is 0 Å². The highest BCUT2D eigenvalue weighted by Crippen LogP contribution is 2.26. The van der Waals surface area contributed by atoms with Crippen LogP contribution in [0.15, 0.2) is 24.3 Å². The number of fused-ring (bicyclic) bond motifs is 1. The number of rotatable bonds is 1. The number of thiazole rings is 1. The third-order valence-electron chi connectivity index (χ3n) is 1.61. The van der Waals surface area contributed by atoms with Crippen LogP contribution in [-0.4, -0.2) is 23.3 Å². The maximum atomic E-state index is 4.39. The molecule has 1 aromatic carbocycles. The summed E-state index contributed by atoms with van der Waals surface area (Å²) in [5.74, 6) is 0. The number of aromatic nitrogens is 1. The summed E-state index contributed by atoms with van der Waals surface area (Å²) >= 11 is 1.66. The van der Waals surface area contributed by atoms with Crippen LogP contribution in [0.5, 0.6) is 0 Å². The number of benzene rings is 1. The lowest BCUT2D eigenvalue weighted by molar-refractivity contribution is -0.394. The van der Waals surface area contributed by atoms with Gasteiger partial charge in [0, 0.05) is 0 Å². The Morgan fingerprint density at radius 3 is 2.83 bits per heavy atom. The molecule has 0 N–H and O–H groups in total. The van der Waals surface area contributed by atoms with Gasteiger partial charge in [0.05, 0.1) is 18.5 Å². The summed E-state index contributed by atoms with van der Waals surface area (Å²) in [7, 11) is 1.90. The van der Waals surface area contributed by atoms with Gasteiger partial charge in [-0.25, -0.2) is 4.58 Å². The summed E-state index contributed by atoms with van der Waals surface area (Å²) in [6.07, 6.45) is 0. The molecule has 0 aliphatic rings. The number of para-hydroxylation sites is 1. The molecule has 0 bridgehead atoms.